The number of rotatable bonds is 1. The summed E-state index contributed by atoms with van der Waals surface area (Å²) in [6.07, 6.45) is 0. The lowest BCUT2D eigenvalue weighted by Gasteiger charge is -2.00. The summed E-state index contributed by atoms with van der Waals surface area (Å²) in [6, 6.07) is 6.04. The lowest BCUT2D eigenvalue weighted by molar-refractivity contribution is 0.282. The lowest BCUT2D eigenvalue weighted by atomic mass is 10.1. The zero-order valence-electron chi connectivity index (χ0n) is 7.74. The molecule has 0 aliphatic heterocycles. The van der Waals surface area contributed by atoms with Crippen molar-refractivity contribution in [2.75, 3.05) is 0 Å². The SMILES string of the molecule is Cc1cc(CO)cc2scc(C#N)c12. The quantitative estimate of drug-likeness (QED) is 0.774. The van der Waals surface area contributed by atoms with Crippen molar-refractivity contribution in [2.24, 2.45) is 0 Å². The van der Waals surface area contributed by atoms with Crippen LogP contribution in [0.5, 0.6) is 0 Å². The molecule has 0 aliphatic carbocycles. The second kappa shape index (κ2) is 3.41. The van der Waals surface area contributed by atoms with Crippen molar-refractivity contribution >= 4 is 21.4 Å². The van der Waals surface area contributed by atoms with Crippen LogP contribution in [0, 0.1) is 18.3 Å². The minimum absolute atomic E-state index is 0.0521. The largest absolute Gasteiger partial charge is 0.392 e. The number of thiophene rings is 1. The van der Waals surface area contributed by atoms with Gasteiger partial charge in [0, 0.05) is 15.5 Å². The molecular weight excluding hydrogens is 194 g/mol. The number of benzene rings is 1. The minimum Gasteiger partial charge on any atom is -0.392 e. The molecule has 0 unspecified atom stereocenters. The van der Waals surface area contributed by atoms with Gasteiger partial charge in [-0.1, -0.05) is 6.07 Å². The molecule has 14 heavy (non-hydrogen) atoms. The van der Waals surface area contributed by atoms with Crippen molar-refractivity contribution in [3.05, 3.63) is 34.2 Å². The van der Waals surface area contributed by atoms with E-state index in [9.17, 15) is 0 Å². The van der Waals surface area contributed by atoms with Gasteiger partial charge in [-0.15, -0.1) is 11.3 Å². The molecule has 1 N–H and O–H groups in total. The zero-order chi connectivity index (χ0) is 10.1. The summed E-state index contributed by atoms with van der Waals surface area (Å²) < 4.78 is 1.07. The molecule has 2 aromatic rings. The molecule has 0 saturated carbocycles. The van der Waals surface area contributed by atoms with Crippen molar-refractivity contribution in [1.82, 2.24) is 0 Å². The van der Waals surface area contributed by atoms with E-state index in [0.717, 1.165) is 26.8 Å². The first kappa shape index (κ1) is 9.20. The van der Waals surface area contributed by atoms with Crippen LogP contribution in [0.15, 0.2) is 17.5 Å². The van der Waals surface area contributed by atoms with Crippen molar-refractivity contribution in [3.63, 3.8) is 0 Å². The normalized spacial score (nSPS) is 10.4. The molecule has 2 rings (SSSR count). The molecule has 0 amide bonds. The second-order valence-corrected chi connectivity index (χ2v) is 4.12. The van der Waals surface area contributed by atoms with Crippen LogP contribution in [0.1, 0.15) is 16.7 Å². The van der Waals surface area contributed by atoms with Crippen molar-refractivity contribution in [1.29, 1.82) is 5.26 Å². The number of hydrogen-bond acceptors (Lipinski definition) is 3. The van der Waals surface area contributed by atoms with Crippen LogP contribution in [0.25, 0.3) is 10.1 Å². The van der Waals surface area contributed by atoms with Crippen LogP contribution < -0.4 is 0 Å². The Morgan fingerprint density at radius 1 is 1.50 bits per heavy atom. The third-order valence-corrected chi connectivity index (χ3v) is 3.16. The molecule has 0 bridgehead atoms. The summed E-state index contributed by atoms with van der Waals surface area (Å²) in [6.45, 7) is 2.02. The van der Waals surface area contributed by atoms with Gasteiger partial charge in [0.15, 0.2) is 0 Å². The van der Waals surface area contributed by atoms with Crippen LogP contribution in [0.2, 0.25) is 0 Å². The number of nitrogens with zero attached hydrogens (tertiary/aromatic N) is 1. The number of aliphatic hydroxyl groups excluding tert-OH is 1. The topological polar surface area (TPSA) is 44.0 Å². The Morgan fingerprint density at radius 2 is 2.29 bits per heavy atom. The van der Waals surface area contributed by atoms with E-state index < -0.39 is 0 Å². The molecule has 0 spiro atoms. The van der Waals surface area contributed by atoms with Gasteiger partial charge in [-0.05, 0) is 24.1 Å². The fourth-order valence-electron chi connectivity index (χ4n) is 1.62. The summed E-state index contributed by atoms with van der Waals surface area (Å²) in [7, 11) is 0. The van der Waals surface area contributed by atoms with Crippen molar-refractivity contribution in [3.8, 4) is 6.07 Å². The molecule has 3 heteroatoms. The van der Waals surface area contributed by atoms with Crippen LogP contribution >= 0.6 is 11.3 Å². The molecule has 0 radical (unpaired) electrons. The van der Waals surface area contributed by atoms with Gasteiger partial charge in [-0.25, -0.2) is 0 Å². The Hall–Kier alpha value is -1.37. The highest BCUT2D eigenvalue weighted by Gasteiger charge is 2.07. The van der Waals surface area contributed by atoms with Crippen LogP contribution in [0.3, 0.4) is 0 Å². The first-order chi connectivity index (χ1) is 6.76. The smallest absolute Gasteiger partial charge is 0.101 e. The highest BCUT2D eigenvalue weighted by Crippen LogP contribution is 2.29. The first-order valence-corrected chi connectivity index (χ1v) is 5.16. The van der Waals surface area contributed by atoms with E-state index in [2.05, 4.69) is 6.07 Å². The van der Waals surface area contributed by atoms with Crippen LogP contribution in [-0.4, -0.2) is 5.11 Å². The molecule has 70 valence electrons. The molecule has 2 nitrogen and oxygen atoms in total. The standard InChI is InChI=1S/C11H9NOS/c1-7-2-8(5-13)3-10-11(7)9(4-12)6-14-10/h2-3,6,13H,5H2,1H3. The van der Waals surface area contributed by atoms with E-state index in [4.69, 9.17) is 10.4 Å². The third kappa shape index (κ3) is 1.29. The Kier molecular flexibility index (Phi) is 2.24. The number of aryl methyl sites for hydroxylation is 1. The van der Waals surface area contributed by atoms with Crippen molar-refractivity contribution in [2.45, 2.75) is 13.5 Å². The van der Waals surface area contributed by atoms with Gasteiger partial charge in [0.05, 0.1) is 12.2 Å². The molecule has 0 saturated heterocycles. The molecule has 1 aromatic heterocycles. The predicted octanol–water partition coefficient (Wildman–Crippen LogP) is 2.57. The Morgan fingerprint density at radius 3 is 2.93 bits per heavy atom. The van der Waals surface area contributed by atoms with E-state index >= 15 is 0 Å². The van der Waals surface area contributed by atoms with Gasteiger partial charge < -0.3 is 5.11 Å². The lowest BCUT2D eigenvalue weighted by Crippen LogP contribution is -1.85. The Balaban J connectivity index is 2.80. The Labute approximate surface area is 86.0 Å². The molecule has 0 atom stereocenters. The summed E-state index contributed by atoms with van der Waals surface area (Å²) in [5.41, 5.74) is 2.69. The average Bonchev–Trinajstić information content (AvgIpc) is 2.61. The monoisotopic (exact) mass is 203 g/mol. The Bertz CT molecular complexity index is 522. The number of aliphatic hydroxyl groups is 1. The highest BCUT2D eigenvalue weighted by atomic mass is 32.1. The minimum atomic E-state index is 0.0521. The zero-order valence-corrected chi connectivity index (χ0v) is 8.56. The molecule has 1 aromatic carbocycles. The fraction of sp³-hybridized carbons (Fsp3) is 0.182. The van der Waals surface area contributed by atoms with Gasteiger partial charge in [-0.2, -0.15) is 5.26 Å². The van der Waals surface area contributed by atoms with Gasteiger partial charge >= 0.3 is 0 Å². The summed E-state index contributed by atoms with van der Waals surface area (Å²) in [5, 5.41) is 20.8. The fourth-order valence-corrected chi connectivity index (χ4v) is 2.64. The van der Waals surface area contributed by atoms with E-state index in [0.29, 0.717) is 0 Å². The van der Waals surface area contributed by atoms with Crippen molar-refractivity contribution < 1.29 is 5.11 Å². The molecule has 1 heterocycles. The van der Waals surface area contributed by atoms with E-state index in [1.54, 1.807) is 11.3 Å². The average molecular weight is 203 g/mol. The molecular formula is C11H9NOS. The summed E-state index contributed by atoms with van der Waals surface area (Å²) in [4.78, 5) is 0. The first-order valence-electron chi connectivity index (χ1n) is 4.28. The number of nitriles is 1. The maximum Gasteiger partial charge on any atom is 0.101 e. The second-order valence-electron chi connectivity index (χ2n) is 3.21. The molecule has 0 aliphatic rings. The van der Waals surface area contributed by atoms with E-state index in [-0.39, 0.29) is 6.61 Å². The maximum atomic E-state index is 9.03. The van der Waals surface area contributed by atoms with Gasteiger partial charge in [0.25, 0.3) is 0 Å². The van der Waals surface area contributed by atoms with Gasteiger partial charge in [0.2, 0.25) is 0 Å². The van der Waals surface area contributed by atoms with Crippen LogP contribution in [-0.2, 0) is 6.61 Å². The maximum absolute atomic E-state index is 9.03. The molecule has 0 fully saturated rings. The van der Waals surface area contributed by atoms with Crippen LogP contribution in [0.4, 0.5) is 0 Å². The van der Waals surface area contributed by atoms with E-state index in [1.807, 2.05) is 24.4 Å². The van der Waals surface area contributed by atoms with Gasteiger partial charge in [-0.3, -0.25) is 0 Å². The van der Waals surface area contributed by atoms with E-state index in [1.165, 1.54) is 0 Å². The predicted molar refractivity (Wildman–Crippen MR) is 57.2 cm³/mol. The number of hydrogen-bond donors (Lipinski definition) is 1. The third-order valence-electron chi connectivity index (χ3n) is 2.24. The summed E-state index contributed by atoms with van der Waals surface area (Å²) >= 11 is 1.55. The highest BCUT2D eigenvalue weighted by molar-refractivity contribution is 7.17. The summed E-state index contributed by atoms with van der Waals surface area (Å²) in [5.74, 6) is 0. The number of fused-ring (bicyclic) bond motifs is 1. The van der Waals surface area contributed by atoms with Gasteiger partial charge in [0.1, 0.15) is 6.07 Å².